The van der Waals surface area contributed by atoms with E-state index in [1.165, 1.54) is 0 Å². The lowest BCUT2D eigenvalue weighted by Crippen LogP contribution is -2.27. The van der Waals surface area contributed by atoms with E-state index in [4.69, 9.17) is 10.1 Å². The molecule has 0 aliphatic heterocycles. The van der Waals surface area contributed by atoms with Crippen LogP contribution in [0.1, 0.15) is 42.6 Å². The third kappa shape index (κ3) is 2.55. The second-order valence-corrected chi connectivity index (χ2v) is 4.96. The highest BCUT2D eigenvalue weighted by Gasteiger charge is 2.57. The van der Waals surface area contributed by atoms with Gasteiger partial charge in [0.1, 0.15) is 11.5 Å². The van der Waals surface area contributed by atoms with Gasteiger partial charge in [0.2, 0.25) is 0 Å². The summed E-state index contributed by atoms with van der Waals surface area (Å²) in [6.07, 6.45) is -6.72. The normalized spacial score (nSPS) is 20.1. The first-order chi connectivity index (χ1) is 10.1. The Morgan fingerprint density at radius 3 is 2.45 bits per heavy atom. The lowest BCUT2D eigenvalue weighted by atomic mass is 10.0. The number of hydrogen-bond donors (Lipinski definition) is 1. The largest absolute Gasteiger partial charge is 0.493 e. The molecule has 2 rings (SSSR count). The lowest BCUT2D eigenvalue weighted by molar-refractivity contribution is -0.137. The number of unbranched alkanes of at least 4 members (excludes halogenated alkanes) is 1. The summed E-state index contributed by atoms with van der Waals surface area (Å²) in [6.45, 7) is 1.91. The predicted octanol–water partition coefficient (Wildman–Crippen LogP) is 4.91. The summed E-state index contributed by atoms with van der Waals surface area (Å²) in [7, 11) is 0. The summed E-state index contributed by atoms with van der Waals surface area (Å²) < 4.78 is 85.1. The van der Waals surface area contributed by atoms with Gasteiger partial charge >= 0.3 is 12.1 Å². The number of rotatable bonds is 4. The molecule has 1 aliphatic carbocycles. The summed E-state index contributed by atoms with van der Waals surface area (Å²) in [5.41, 5.74) is -5.11. The van der Waals surface area contributed by atoms with Crippen LogP contribution in [0.2, 0.25) is 0 Å². The first-order valence-corrected chi connectivity index (χ1v) is 6.60. The highest BCUT2D eigenvalue weighted by molar-refractivity contribution is 6.10. The Morgan fingerprint density at radius 1 is 1.27 bits per heavy atom. The van der Waals surface area contributed by atoms with Gasteiger partial charge in [0.05, 0.1) is 12.2 Å². The average Bonchev–Trinajstić information content (AvgIpc) is 2.60. The molecule has 0 fully saturated rings. The van der Waals surface area contributed by atoms with Gasteiger partial charge in [0.25, 0.3) is 0 Å². The van der Waals surface area contributed by atoms with Gasteiger partial charge in [0.15, 0.2) is 6.17 Å². The number of hydrogen-bond acceptors (Lipinski definition) is 2. The van der Waals surface area contributed by atoms with Crippen LogP contribution >= 0.6 is 0 Å². The quantitative estimate of drug-likeness (QED) is 0.619. The van der Waals surface area contributed by atoms with E-state index in [1.54, 1.807) is 0 Å². The molecule has 0 spiro atoms. The molecule has 1 atom stereocenters. The van der Waals surface area contributed by atoms with Crippen molar-refractivity contribution in [2.24, 2.45) is 0 Å². The van der Waals surface area contributed by atoms with Gasteiger partial charge in [-0.05, 0) is 18.6 Å². The fraction of sp³-hybridized carbons (Fsp3) is 0.500. The summed E-state index contributed by atoms with van der Waals surface area (Å²) in [6, 6.07) is 1.38. The molecule has 0 radical (unpaired) electrons. The van der Waals surface area contributed by atoms with Crippen LogP contribution in [0.25, 0.3) is 0 Å². The number of fused-ring (bicyclic) bond motifs is 1. The van der Waals surface area contributed by atoms with E-state index in [9.17, 15) is 26.3 Å². The van der Waals surface area contributed by atoms with E-state index in [2.05, 4.69) is 0 Å². The van der Waals surface area contributed by atoms with Crippen LogP contribution in [0.4, 0.5) is 26.3 Å². The molecule has 0 heterocycles. The standard InChI is InChI=1S/C14H13F6NO/c1-2-3-6-22-8-5-4-7(14(18,19)20)9-10(8)11(15)13(16,17)12(9)21/h4-5,11,21H,2-3,6H2,1H3. The summed E-state index contributed by atoms with van der Waals surface area (Å²) in [5.74, 6) is -4.67. The fourth-order valence-electron chi connectivity index (χ4n) is 2.28. The van der Waals surface area contributed by atoms with Crippen molar-refractivity contribution in [2.45, 2.75) is 38.0 Å². The van der Waals surface area contributed by atoms with E-state index in [-0.39, 0.29) is 12.4 Å². The Balaban J connectivity index is 2.59. The summed E-state index contributed by atoms with van der Waals surface area (Å²) in [5, 5.41) is 7.25. The van der Waals surface area contributed by atoms with E-state index >= 15 is 0 Å². The summed E-state index contributed by atoms with van der Waals surface area (Å²) in [4.78, 5) is 0. The zero-order valence-corrected chi connectivity index (χ0v) is 11.5. The van der Waals surface area contributed by atoms with Crippen LogP contribution in [0.3, 0.4) is 0 Å². The minimum atomic E-state index is -4.96. The first-order valence-electron chi connectivity index (χ1n) is 6.60. The van der Waals surface area contributed by atoms with Crippen molar-refractivity contribution in [3.05, 3.63) is 28.8 Å². The molecule has 0 bridgehead atoms. The zero-order valence-electron chi connectivity index (χ0n) is 11.5. The Labute approximate surface area is 122 Å². The molecule has 0 saturated carbocycles. The molecule has 22 heavy (non-hydrogen) atoms. The number of alkyl halides is 6. The molecule has 0 amide bonds. The molecule has 1 unspecified atom stereocenters. The monoisotopic (exact) mass is 325 g/mol. The van der Waals surface area contributed by atoms with E-state index in [1.807, 2.05) is 6.92 Å². The van der Waals surface area contributed by atoms with E-state index in [0.717, 1.165) is 6.07 Å². The molecule has 1 N–H and O–H groups in total. The SMILES string of the molecule is CCCCOc1ccc(C(F)(F)F)c2c1C(F)C(F)(F)C2=N. The van der Waals surface area contributed by atoms with Crippen LogP contribution in [-0.2, 0) is 6.18 Å². The summed E-state index contributed by atoms with van der Waals surface area (Å²) >= 11 is 0. The number of nitrogens with one attached hydrogen (secondary N) is 1. The molecule has 1 aliphatic rings. The van der Waals surface area contributed by atoms with Crippen molar-refractivity contribution >= 4 is 5.71 Å². The lowest BCUT2D eigenvalue weighted by Gasteiger charge is -2.16. The Bertz CT molecular complexity index is 596. The van der Waals surface area contributed by atoms with Crippen molar-refractivity contribution < 1.29 is 31.1 Å². The number of benzene rings is 1. The van der Waals surface area contributed by atoms with Crippen LogP contribution < -0.4 is 4.74 Å². The minimum Gasteiger partial charge on any atom is -0.493 e. The molecule has 0 aromatic heterocycles. The van der Waals surface area contributed by atoms with Crippen molar-refractivity contribution in [1.29, 1.82) is 5.41 Å². The molecule has 0 saturated heterocycles. The van der Waals surface area contributed by atoms with Gasteiger partial charge < -0.3 is 4.74 Å². The molecule has 122 valence electrons. The Kier molecular flexibility index (Phi) is 4.14. The number of halogens is 6. The van der Waals surface area contributed by atoms with Crippen LogP contribution in [0, 0.1) is 5.41 Å². The highest BCUT2D eigenvalue weighted by atomic mass is 19.4. The van der Waals surface area contributed by atoms with Crippen molar-refractivity contribution in [1.82, 2.24) is 0 Å². The maximum Gasteiger partial charge on any atom is 0.417 e. The van der Waals surface area contributed by atoms with Crippen molar-refractivity contribution in [2.75, 3.05) is 6.61 Å². The van der Waals surface area contributed by atoms with Gasteiger partial charge in [-0.2, -0.15) is 22.0 Å². The maximum absolute atomic E-state index is 13.9. The van der Waals surface area contributed by atoms with Crippen molar-refractivity contribution in [3.63, 3.8) is 0 Å². The van der Waals surface area contributed by atoms with Gasteiger partial charge in [-0.15, -0.1) is 0 Å². The number of ether oxygens (including phenoxy) is 1. The predicted molar refractivity (Wildman–Crippen MR) is 67.5 cm³/mol. The third-order valence-corrected chi connectivity index (χ3v) is 3.42. The van der Waals surface area contributed by atoms with Crippen LogP contribution in [0.15, 0.2) is 12.1 Å². The molecule has 1 aromatic carbocycles. The molecular formula is C14H13F6NO. The second-order valence-electron chi connectivity index (χ2n) is 4.96. The van der Waals surface area contributed by atoms with Crippen molar-refractivity contribution in [3.8, 4) is 5.75 Å². The highest BCUT2D eigenvalue weighted by Crippen LogP contribution is 2.52. The topological polar surface area (TPSA) is 33.1 Å². The minimum absolute atomic E-state index is 0.0694. The molecule has 8 heteroatoms. The third-order valence-electron chi connectivity index (χ3n) is 3.42. The molecular weight excluding hydrogens is 312 g/mol. The van der Waals surface area contributed by atoms with Crippen LogP contribution in [-0.4, -0.2) is 18.2 Å². The van der Waals surface area contributed by atoms with Gasteiger partial charge in [-0.3, -0.25) is 5.41 Å². The first kappa shape index (κ1) is 16.6. The van der Waals surface area contributed by atoms with Gasteiger partial charge in [-0.25, -0.2) is 4.39 Å². The second kappa shape index (κ2) is 5.48. The zero-order chi connectivity index (χ0) is 16.7. The molecule has 1 aromatic rings. The molecule has 2 nitrogen and oxygen atoms in total. The average molecular weight is 325 g/mol. The van der Waals surface area contributed by atoms with Gasteiger partial charge in [0, 0.05) is 11.1 Å². The van der Waals surface area contributed by atoms with Gasteiger partial charge in [-0.1, -0.05) is 13.3 Å². The Morgan fingerprint density at radius 2 is 1.91 bits per heavy atom. The fourth-order valence-corrected chi connectivity index (χ4v) is 2.28. The Hall–Kier alpha value is -1.73. The smallest absolute Gasteiger partial charge is 0.417 e. The van der Waals surface area contributed by atoms with Crippen LogP contribution in [0.5, 0.6) is 5.75 Å². The van der Waals surface area contributed by atoms with E-state index in [0.29, 0.717) is 18.9 Å². The maximum atomic E-state index is 13.9. The van der Waals surface area contributed by atoms with E-state index < -0.39 is 40.7 Å².